The van der Waals surface area contributed by atoms with E-state index in [1.807, 2.05) is 6.92 Å². The highest BCUT2D eigenvalue weighted by atomic mass is 19.4. The first-order chi connectivity index (χ1) is 8.85. The largest absolute Gasteiger partial charge is 0.405 e. The molecule has 3 nitrogen and oxygen atoms in total. The fourth-order valence-corrected chi connectivity index (χ4v) is 1.62. The maximum Gasteiger partial charge on any atom is 0.405 e. The van der Waals surface area contributed by atoms with Crippen molar-refractivity contribution >= 4 is 5.82 Å². The minimum Gasteiger partial charge on any atom is -0.348 e. The van der Waals surface area contributed by atoms with Crippen LogP contribution in [0.3, 0.4) is 0 Å². The van der Waals surface area contributed by atoms with E-state index in [1.165, 1.54) is 19.3 Å². The number of rotatable bonds is 6. The second-order valence-corrected chi connectivity index (χ2v) is 4.26. The normalized spacial score (nSPS) is 11.7. The third-order valence-electron chi connectivity index (χ3n) is 2.47. The van der Waals surface area contributed by atoms with Gasteiger partial charge in [-0.2, -0.15) is 13.2 Å². The van der Waals surface area contributed by atoms with Gasteiger partial charge in [0.25, 0.3) is 0 Å². The summed E-state index contributed by atoms with van der Waals surface area (Å²) in [6.07, 6.45) is -2.18. The van der Waals surface area contributed by atoms with Gasteiger partial charge in [-0.3, -0.25) is 0 Å². The maximum absolute atomic E-state index is 14.0. The highest BCUT2D eigenvalue weighted by Crippen LogP contribution is 2.23. The van der Waals surface area contributed by atoms with E-state index in [9.17, 15) is 17.6 Å². The van der Waals surface area contributed by atoms with E-state index >= 15 is 0 Å². The summed E-state index contributed by atoms with van der Waals surface area (Å²) >= 11 is 0. The zero-order valence-corrected chi connectivity index (χ0v) is 10.9. The lowest BCUT2D eigenvalue weighted by Crippen LogP contribution is -2.32. The van der Waals surface area contributed by atoms with Crippen LogP contribution in [0.25, 0.3) is 0 Å². The molecule has 0 bridgehead atoms. The van der Waals surface area contributed by atoms with Crippen molar-refractivity contribution in [1.82, 2.24) is 10.3 Å². The Kier molecular flexibility index (Phi) is 5.53. The zero-order chi connectivity index (χ0) is 14.5. The van der Waals surface area contributed by atoms with Gasteiger partial charge >= 0.3 is 6.18 Å². The van der Waals surface area contributed by atoms with Crippen LogP contribution in [0.15, 0.2) is 12.3 Å². The molecule has 19 heavy (non-hydrogen) atoms. The number of aromatic nitrogens is 1. The average molecular weight is 279 g/mol. The highest BCUT2D eigenvalue weighted by molar-refractivity contribution is 5.42. The molecule has 1 heterocycles. The molecule has 0 aliphatic heterocycles. The second kappa shape index (κ2) is 6.70. The molecule has 108 valence electrons. The monoisotopic (exact) mass is 279 g/mol. The molecule has 1 aromatic heterocycles. The van der Waals surface area contributed by atoms with Gasteiger partial charge in [-0.15, -0.1) is 0 Å². The van der Waals surface area contributed by atoms with E-state index < -0.39 is 18.5 Å². The molecule has 0 aliphatic carbocycles. The predicted octanol–water partition coefficient (Wildman–Crippen LogP) is 2.72. The quantitative estimate of drug-likeness (QED) is 0.641. The molecule has 0 spiro atoms. The number of halogens is 4. The van der Waals surface area contributed by atoms with Crippen LogP contribution in [0.2, 0.25) is 0 Å². The van der Waals surface area contributed by atoms with Crippen LogP contribution in [0, 0.1) is 5.82 Å². The van der Waals surface area contributed by atoms with Gasteiger partial charge in [-0.05, 0) is 19.0 Å². The molecule has 1 aromatic rings. The van der Waals surface area contributed by atoms with Crippen molar-refractivity contribution in [3.05, 3.63) is 23.6 Å². The summed E-state index contributed by atoms with van der Waals surface area (Å²) in [4.78, 5) is 4.44. The van der Waals surface area contributed by atoms with Crippen LogP contribution < -0.4 is 10.2 Å². The summed E-state index contributed by atoms with van der Waals surface area (Å²) in [6, 6.07) is 1.46. The van der Waals surface area contributed by atoms with Crippen molar-refractivity contribution in [3.63, 3.8) is 0 Å². The number of hydrogen-bond donors (Lipinski definition) is 1. The number of nitrogens with one attached hydrogen (secondary N) is 1. The first kappa shape index (κ1) is 15.7. The van der Waals surface area contributed by atoms with E-state index in [2.05, 4.69) is 10.3 Å². The van der Waals surface area contributed by atoms with Crippen molar-refractivity contribution in [2.24, 2.45) is 0 Å². The molecule has 1 N–H and O–H groups in total. The first-order valence-electron chi connectivity index (χ1n) is 5.97. The summed E-state index contributed by atoms with van der Waals surface area (Å²) in [5, 5.41) is 3.00. The van der Waals surface area contributed by atoms with E-state index in [-0.39, 0.29) is 12.4 Å². The molecule has 0 aliphatic rings. The predicted molar refractivity (Wildman–Crippen MR) is 65.5 cm³/mol. The highest BCUT2D eigenvalue weighted by Gasteiger charge is 2.30. The van der Waals surface area contributed by atoms with Crippen LogP contribution in [-0.4, -0.2) is 31.3 Å². The fraction of sp³-hybridized carbons (Fsp3) is 0.583. The van der Waals surface area contributed by atoms with Gasteiger partial charge < -0.3 is 10.2 Å². The third kappa shape index (κ3) is 5.02. The molecular formula is C12H17F4N3. The van der Waals surface area contributed by atoms with Crippen LogP contribution in [0.5, 0.6) is 0 Å². The smallest absolute Gasteiger partial charge is 0.348 e. The van der Waals surface area contributed by atoms with E-state index in [0.717, 1.165) is 17.9 Å². The van der Waals surface area contributed by atoms with Crippen LogP contribution in [-0.2, 0) is 6.54 Å². The van der Waals surface area contributed by atoms with Crippen molar-refractivity contribution in [1.29, 1.82) is 0 Å². The molecule has 0 aromatic carbocycles. The van der Waals surface area contributed by atoms with Crippen molar-refractivity contribution in [2.75, 3.05) is 25.0 Å². The van der Waals surface area contributed by atoms with Gasteiger partial charge in [0.15, 0.2) is 11.6 Å². The van der Waals surface area contributed by atoms with Crippen LogP contribution >= 0.6 is 0 Å². The molecule has 1 rings (SSSR count). The summed E-state index contributed by atoms with van der Waals surface area (Å²) < 4.78 is 50.8. The van der Waals surface area contributed by atoms with Gasteiger partial charge in [-0.25, -0.2) is 9.37 Å². The molecular weight excluding hydrogens is 262 g/mol. The summed E-state index contributed by atoms with van der Waals surface area (Å²) in [7, 11) is 1.17. The summed E-state index contributed by atoms with van der Waals surface area (Å²) in [6.45, 7) is 1.73. The summed E-state index contributed by atoms with van der Waals surface area (Å²) in [5.74, 6) is -0.994. The number of alkyl halides is 3. The lowest BCUT2D eigenvalue weighted by Gasteiger charge is -2.21. The Balaban J connectivity index is 2.81. The topological polar surface area (TPSA) is 28.2 Å². The van der Waals surface area contributed by atoms with Crippen LogP contribution in [0.4, 0.5) is 23.4 Å². The van der Waals surface area contributed by atoms with Gasteiger partial charge in [0.05, 0.1) is 0 Å². The first-order valence-corrected chi connectivity index (χ1v) is 5.97. The maximum atomic E-state index is 14.0. The number of nitrogens with zero attached hydrogens (tertiary/aromatic N) is 2. The van der Waals surface area contributed by atoms with E-state index in [0.29, 0.717) is 5.56 Å². The lowest BCUT2D eigenvalue weighted by molar-refractivity contribution is -0.119. The molecule has 0 atom stereocenters. The SMILES string of the molecule is CCCNCc1ccnc(N(C)CC(F)(F)F)c1F. The van der Waals surface area contributed by atoms with Crippen molar-refractivity contribution < 1.29 is 17.6 Å². The number of hydrogen-bond acceptors (Lipinski definition) is 3. The molecule has 0 saturated carbocycles. The number of pyridine rings is 1. The molecule has 0 fully saturated rings. The molecule has 0 saturated heterocycles. The lowest BCUT2D eigenvalue weighted by atomic mass is 10.2. The Labute approximate surface area is 109 Å². The molecule has 0 amide bonds. The third-order valence-corrected chi connectivity index (χ3v) is 2.47. The van der Waals surface area contributed by atoms with E-state index in [1.54, 1.807) is 0 Å². The Bertz CT molecular complexity index is 406. The summed E-state index contributed by atoms with van der Waals surface area (Å²) in [5.41, 5.74) is 0.312. The minimum absolute atomic E-state index is 0.273. The average Bonchev–Trinajstić information content (AvgIpc) is 2.29. The van der Waals surface area contributed by atoms with Crippen molar-refractivity contribution in [2.45, 2.75) is 26.1 Å². The van der Waals surface area contributed by atoms with Gasteiger partial charge in [0.2, 0.25) is 0 Å². The Morgan fingerprint density at radius 1 is 1.37 bits per heavy atom. The second-order valence-electron chi connectivity index (χ2n) is 4.26. The Morgan fingerprint density at radius 3 is 2.63 bits per heavy atom. The van der Waals surface area contributed by atoms with Gasteiger partial charge in [0, 0.05) is 25.4 Å². The van der Waals surface area contributed by atoms with Crippen molar-refractivity contribution in [3.8, 4) is 0 Å². The Hall–Kier alpha value is -1.37. The zero-order valence-electron chi connectivity index (χ0n) is 10.9. The fourth-order valence-electron chi connectivity index (χ4n) is 1.62. The standard InChI is InChI=1S/C12H17F4N3/c1-3-5-17-7-9-4-6-18-11(10(9)13)19(2)8-12(14,15)16/h4,6,17H,3,5,7-8H2,1-2H3. The molecule has 7 heteroatoms. The Morgan fingerprint density at radius 2 is 2.05 bits per heavy atom. The molecule has 0 radical (unpaired) electrons. The minimum atomic E-state index is -4.39. The number of anilines is 1. The van der Waals surface area contributed by atoms with E-state index in [4.69, 9.17) is 0 Å². The van der Waals surface area contributed by atoms with Gasteiger partial charge in [0.1, 0.15) is 6.54 Å². The van der Waals surface area contributed by atoms with Gasteiger partial charge in [-0.1, -0.05) is 6.92 Å². The van der Waals surface area contributed by atoms with Crippen LogP contribution in [0.1, 0.15) is 18.9 Å². The molecule has 0 unspecified atom stereocenters.